The molecule has 25 heavy (non-hydrogen) atoms. The molecule has 2 heteroatoms. The van der Waals surface area contributed by atoms with Crippen molar-refractivity contribution in [2.45, 2.75) is 25.6 Å². The minimum atomic E-state index is 0.180. The van der Waals surface area contributed by atoms with Crippen LogP contribution in [0.2, 0.25) is 0 Å². The third-order valence-corrected chi connectivity index (χ3v) is 4.48. The molecule has 0 aliphatic rings. The summed E-state index contributed by atoms with van der Waals surface area (Å²) in [5.74, 6) is 0. The van der Waals surface area contributed by atoms with Crippen LogP contribution in [0.1, 0.15) is 29.2 Å². The SMILES string of the molecule is OCCC(c1ccccc1)N(Cc1ccccc1)Cc1ccccc1. The molecule has 128 valence electrons. The van der Waals surface area contributed by atoms with Crippen molar-refractivity contribution in [3.8, 4) is 0 Å². The highest BCUT2D eigenvalue weighted by molar-refractivity contribution is 5.22. The summed E-state index contributed by atoms with van der Waals surface area (Å²) in [6.07, 6.45) is 0.726. The van der Waals surface area contributed by atoms with Gasteiger partial charge in [0.05, 0.1) is 0 Å². The number of benzene rings is 3. The molecule has 0 aliphatic carbocycles. The Balaban J connectivity index is 1.89. The van der Waals surface area contributed by atoms with Gasteiger partial charge in [-0.2, -0.15) is 0 Å². The smallest absolute Gasteiger partial charge is 0.0449 e. The summed E-state index contributed by atoms with van der Waals surface area (Å²) in [5.41, 5.74) is 3.83. The number of hydrogen-bond donors (Lipinski definition) is 1. The lowest BCUT2D eigenvalue weighted by molar-refractivity contribution is 0.142. The molecule has 0 spiro atoms. The van der Waals surface area contributed by atoms with E-state index in [-0.39, 0.29) is 12.6 Å². The molecule has 3 rings (SSSR count). The summed E-state index contributed by atoms with van der Waals surface area (Å²) in [5, 5.41) is 9.65. The summed E-state index contributed by atoms with van der Waals surface area (Å²) in [6.45, 7) is 1.89. The van der Waals surface area contributed by atoms with Gasteiger partial charge in [-0.25, -0.2) is 0 Å². The molecule has 0 aromatic heterocycles. The van der Waals surface area contributed by atoms with E-state index in [2.05, 4.69) is 77.7 Å². The van der Waals surface area contributed by atoms with Crippen molar-refractivity contribution in [1.82, 2.24) is 4.90 Å². The lowest BCUT2D eigenvalue weighted by Gasteiger charge is -2.32. The fraction of sp³-hybridized carbons (Fsp3) is 0.217. The molecule has 0 heterocycles. The van der Waals surface area contributed by atoms with E-state index in [1.807, 2.05) is 18.2 Å². The molecular weight excluding hydrogens is 306 g/mol. The van der Waals surface area contributed by atoms with Crippen LogP contribution in [0.15, 0.2) is 91.0 Å². The number of aliphatic hydroxyl groups excluding tert-OH is 1. The highest BCUT2D eigenvalue weighted by atomic mass is 16.3. The third kappa shape index (κ3) is 5.02. The van der Waals surface area contributed by atoms with Crippen LogP contribution < -0.4 is 0 Å². The summed E-state index contributed by atoms with van der Waals surface area (Å²) in [6, 6.07) is 31.8. The van der Waals surface area contributed by atoms with Gasteiger partial charge in [0.2, 0.25) is 0 Å². The van der Waals surface area contributed by atoms with E-state index in [4.69, 9.17) is 0 Å². The van der Waals surface area contributed by atoms with E-state index in [0.717, 1.165) is 19.5 Å². The van der Waals surface area contributed by atoms with Crippen LogP contribution in [-0.4, -0.2) is 16.6 Å². The second-order valence-electron chi connectivity index (χ2n) is 6.31. The summed E-state index contributed by atoms with van der Waals surface area (Å²) < 4.78 is 0. The van der Waals surface area contributed by atoms with Gasteiger partial charge in [0, 0.05) is 25.7 Å². The molecule has 1 atom stereocenters. The van der Waals surface area contributed by atoms with Crippen LogP contribution in [0.3, 0.4) is 0 Å². The van der Waals surface area contributed by atoms with Gasteiger partial charge in [-0.1, -0.05) is 91.0 Å². The predicted octanol–water partition coefficient (Wildman–Crippen LogP) is 4.81. The van der Waals surface area contributed by atoms with E-state index in [0.29, 0.717) is 0 Å². The minimum absolute atomic E-state index is 0.180. The summed E-state index contributed by atoms with van der Waals surface area (Å²) in [4.78, 5) is 2.45. The van der Waals surface area contributed by atoms with Gasteiger partial charge >= 0.3 is 0 Å². The quantitative estimate of drug-likeness (QED) is 0.640. The van der Waals surface area contributed by atoms with Crippen LogP contribution in [0.4, 0.5) is 0 Å². The molecule has 0 aliphatic heterocycles. The van der Waals surface area contributed by atoms with Crippen molar-refractivity contribution < 1.29 is 5.11 Å². The van der Waals surface area contributed by atoms with Crippen LogP contribution >= 0.6 is 0 Å². The first kappa shape index (κ1) is 17.4. The Labute approximate surface area is 150 Å². The van der Waals surface area contributed by atoms with Gasteiger partial charge in [0.25, 0.3) is 0 Å². The second-order valence-corrected chi connectivity index (χ2v) is 6.31. The van der Waals surface area contributed by atoms with Crippen LogP contribution in [0.5, 0.6) is 0 Å². The zero-order valence-corrected chi connectivity index (χ0v) is 14.5. The molecule has 3 aromatic rings. The molecule has 1 N–H and O–H groups in total. The number of hydrogen-bond acceptors (Lipinski definition) is 2. The van der Waals surface area contributed by atoms with E-state index >= 15 is 0 Å². The molecule has 0 saturated carbocycles. The fourth-order valence-electron chi connectivity index (χ4n) is 3.27. The fourth-order valence-corrected chi connectivity index (χ4v) is 3.27. The van der Waals surface area contributed by atoms with Crippen molar-refractivity contribution >= 4 is 0 Å². The van der Waals surface area contributed by atoms with E-state index < -0.39 is 0 Å². The number of aliphatic hydroxyl groups is 1. The van der Waals surface area contributed by atoms with Crippen LogP contribution in [0, 0.1) is 0 Å². The molecule has 0 bridgehead atoms. The third-order valence-electron chi connectivity index (χ3n) is 4.48. The minimum Gasteiger partial charge on any atom is -0.396 e. The van der Waals surface area contributed by atoms with Crippen LogP contribution in [-0.2, 0) is 13.1 Å². The van der Waals surface area contributed by atoms with Gasteiger partial charge < -0.3 is 5.11 Å². The van der Waals surface area contributed by atoms with Gasteiger partial charge in [0.1, 0.15) is 0 Å². The average molecular weight is 331 g/mol. The molecule has 2 nitrogen and oxygen atoms in total. The van der Waals surface area contributed by atoms with Crippen molar-refractivity contribution in [3.63, 3.8) is 0 Å². The van der Waals surface area contributed by atoms with Gasteiger partial charge in [-0.15, -0.1) is 0 Å². The van der Waals surface area contributed by atoms with Gasteiger partial charge in [0.15, 0.2) is 0 Å². The number of nitrogens with zero attached hydrogens (tertiary/aromatic N) is 1. The zero-order valence-electron chi connectivity index (χ0n) is 14.5. The molecule has 0 saturated heterocycles. The molecule has 0 fully saturated rings. The molecule has 0 radical (unpaired) electrons. The molecule has 3 aromatic carbocycles. The van der Waals surface area contributed by atoms with Crippen molar-refractivity contribution in [1.29, 1.82) is 0 Å². The van der Waals surface area contributed by atoms with E-state index in [9.17, 15) is 5.11 Å². The largest absolute Gasteiger partial charge is 0.396 e. The van der Waals surface area contributed by atoms with E-state index in [1.165, 1.54) is 16.7 Å². The maximum absolute atomic E-state index is 9.65. The van der Waals surface area contributed by atoms with E-state index in [1.54, 1.807) is 0 Å². The standard InChI is InChI=1S/C23H25NO/c25-17-16-23(22-14-8-3-9-15-22)24(18-20-10-4-1-5-11-20)19-21-12-6-2-7-13-21/h1-15,23,25H,16-19H2. The zero-order chi connectivity index (χ0) is 17.3. The highest BCUT2D eigenvalue weighted by Gasteiger charge is 2.20. The number of rotatable bonds is 8. The Hall–Kier alpha value is -2.42. The first-order chi connectivity index (χ1) is 12.4. The highest BCUT2D eigenvalue weighted by Crippen LogP contribution is 2.27. The lowest BCUT2D eigenvalue weighted by atomic mass is 10.0. The Morgan fingerprint density at radius 3 is 1.52 bits per heavy atom. The maximum Gasteiger partial charge on any atom is 0.0449 e. The first-order valence-electron chi connectivity index (χ1n) is 8.84. The second kappa shape index (κ2) is 9.16. The Morgan fingerprint density at radius 1 is 0.640 bits per heavy atom. The van der Waals surface area contributed by atoms with Crippen molar-refractivity contribution in [2.24, 2.45) is 0 Å². The first-order valence-corrected chi connectivity index (χ1v) is 8.84. The maximum atomic E-state index is 9.65. The van der Waals surface area contributed by atoms with Gasteiger partial charge in [-0.3, -0.25) is 4.90 Å². The lowest BCUT2D eigenvalue weighted by Crippen LogP contribution is -2.29. The predicted molar refractivity (Wildman–Crippen MR) is 103 cm³/mol. The average Bonchev–Trinajstić information content (AvgIpc) is 2.68. The van der Waals surface area contributed by atoms with Crippen LogP contribution in [0.25, 0.3) is 0 Å². The van der Waals surface area contributed by atoms with Gasteiger partial charge in [-0.05, 0) is 23.1 Å². The normalized spacial score (nSPS) is 12.2. The molecular formula is C23H25NO. The Morgan fingerprint density at radius 2 is 1.08 bits per heavy atom. The van der Waals surface area contributed by atoms with Crippen molar-refractivity contribution in [2.75, 3.05) is 6.61 Å². The Bertz CT molecular complexity index is 686. The van der Waals surface area contributed by atoms with Crippen molar-refractivity contribution in [3.05, 3.63) is 108 Å². The molecule has 1 unspecified atom stereocenters. The Kier molecular flexibility index (Phi) is 6.38. The topological polar surface area (TPSA) is 23.5 Å². The molecule has 0 amide bonds. The monoisotopic (exact) mass is 331 g/mol. The summed E-state index contributed by atoms with van der Waals surface area (Å²) in [7, 11) is 0. The summed E-state index contributed by atoms with van der Waals surface area (Å²) >= 11 is 0.